The van der Waals surface area contributed by atoms with Crippen molar-refractivity contribution < 1.29 is 13.9 Å². The summed E-state index contributed by atoms with van der Waals surface area (Å²) in [4.78, 5) is 14.0. The summed E-state index contributed by atoms with van der Waals surface area (Å²) in [5.74, 6) is 1.23. The van der Waals surface area contributed by atoms with E-state index in [0.29, 0.717) is 24.5 Å². The summed E-state index contributed by atoms with van der Waals surface area (Å²) in [6.07, 6.45) is 1.42. The third-order valence-electron chi connectivity index (χ3n) is 3.30. The van der Waals surface area contributed by atoms with Crippen molar-refractivity contribution in [2.75, 3.05) is 27.2 Å². The molecule has 3 N–H and O–H groups in total. The molecule has 8 heteroatoms. The summed E-state index contributed by atoms with van der Waals surface area (Å²) in [6, 6.07) is 9.33. The minimum atomic E-state index is -0.181. The van der Waals surface area contributed by atoms with Crippen molar-refractivity contribution in [2.24, 2.45) is 5.73 Å². The number of nitrogens with one attached hydrogen (secondary N) is 1. The third-order valence-corrected chi connectivity index (χ3v) is 3.30. The second kappa shape index (κ2) is 11.8. The van der Waals surface area contributed by atoms with E-state index in [1.165, 1.54) is 6.26 Å². The van der Waals surface area contributed by atoms with Gasteiger partial charge in [0.1, 0.15) is 24.4 Å². The lowest BCUT2D eigenvalue weighted by molar-refractivity contribution is 0.0950. The number of amides is 1. The molecule has 2 aromatic rings. The zero-order chi connectivity index (χ0) is 16.7. The quantitative estimate of drug-likeness (QED) is 0.724. The molecule has 0 unspecified atom stereocenters. The molecule has 140 valence electrons. The first-order chi connectivity index (χ1) is 11.1. The van der Waals surface area contributed by atoms with Crippen molar-refractivity contribution in [3.05, 3.63) is 53.5 Å². The molecule has 0 saturated heterocycles. The summed E-state index contributed by atoms with van der Waals surface area (Å²) in [7, 11) is 4.01. The maximum Gasteiger partial charge on any atom is 0.254 e. The summed E-state index contributed by atoms with van der Waals surface area (Å²) in [5, 5.41) is 2.84. The highest BCUT2D eigenvalue weighted by Crippen LogP contribution is 2.12. The van der Waals surface area contributed by atoms with E-state index >= 15 is 0 Å². The Morgan fingerprint density at radius 3 is 2.48 bits per heavy atom. The van der Waals surface area contributed by atoms with Gasteiger partial charge in [-0.1, -0.05) is 12.1 Å². The molecular formula is C17H25Cl2N3O3. The number of carbonyl (C=O) groups is 1. The topological polar surface area (TPSA) is 80.7 Å². The first kappa shape index (κ1) is 23.3. The Morgan fingerprint density at radius 1 is 1.24 bits per heavy atom. The second-order valence-corrected chi connectivity index (χ2v) is 5.48. The molecule has 1 aromatic carbocycles. The average Bonchev–Trinajstić information content (AvgIpc) is 3.02. The highest BCUT2D eigenvalue weighted by atomic mass is 35.5. The Bertz CT molecular complexity index is 630. The van der Waals surface area contributed by atoms with Gasteiger partial charge in [-0.05, 0) is 37.9 Å². The van der Waals surface area contributed by atoms with Crippen molar-refractivity contribution >= 4 is 30.7 Å². The molecule has 1 aromatic heterocycles. The van der Waals surface area contributed by atoms with Crippen molar-refractivity contribution in [1.82, 2.24) is 10.2 Å². The van der Waals surface area contributed by atoms with Crippen LogP contribution < -0.4 is 15.8 Å². The zero-order valence-electron chi connectivity index (χ0n) is 14.4. The van der Waals surface area contributed by atoms with E-state index in [1.807, 2.05) is 38.4 Å². The first-order valence-corrected chi connectivity index (χ1v) is 7.50. The maximum absolute atomic E-state index is 12.0. The molecule has 0 aliphatic rings. The second-order valence-electron chi connectivity index (χ2n) is 5.48. The molecule has 6 nitrogen and oxygen atoms in total. The number of carbonyl (C=O) groups excluding carboxylic acids is 1. The Hall–Kier alpha value is -1.73. The molecule has 0 aliphatic carbocycles. The molecule has 0 atom stereocenters. The van der Waals surface area contributed by atoms with Gasteiger partial charge in [-0.25, -0.2) is 0 Å². The summed E-state index contributed by atoms with van der Waals surface area (Å²) in [5.41, 5.74) is 6.94. The van der Waals surface area contributed by atoms with Gasteiger partial charge in [-0.2, -0.15) is 0 Å². The lowest BCUT2D eigenvalue weighted by Gasteiger charge is -2.11. The van der Waals surface area contributed by atoms with Gasteiger partial charge in [0.05, 0.1) is 12.1 Å². The number of furan rings is 1. The van der Waals surface area contributed by atoms with Crippen LogP contribution in [0.3, 0.4) is 0 Å². The molecule has 0 saturated carbocycles. The number of hydrogen-bond acceptors (Lipinski definition) is 5. The third kappa shape index (κ3) is 7.79. The molecular weight excluding hydrogens is 365 g/mol. The van der Waals surface area contributed by atoms with E-state index in [0.717, 1.165) is 17.9 Å². The van der Waals surface area contributed by atoms with E-state index in [-0.39, 0.29) is 37.3 Å². The molecule has 0 spiro atoms. The highest BCUT2D eigenvalue weighted by molar-refractivity contribution is 5.93. The van der Waals surface area contributed by atoms with Gasteiger partial charge < -0.3 is 25.1 Å². The van der Waals surface area contributed by atoms with Crippen LogP contribution in [0, 0.1) is 0 Å². The van der Waals surface area contributed by atoms with Crippen LogP contribution in [0.5, 0.6) is 5.75 Å². The Labute approximate surface area is 160 Å². The number of nitrogens with two attached hydrogens (primary N) is 1. The van der Waals surface area contributed by atoms with Gasteiger partial charge in [0, 0.05) is 13.1 Å². The monoisotopic (exact) mass is 389 g/mol. The van der Waals surface area contributed by atoms with Crippen LogP contribution in [0.25, 0.3) is 0 Å². The normalized spacial score (nSPS) is 9.92. The van der Waals surface area contributed by atoms with Crippen molar-refractivity contribution in [2.45, 2.75) is 13.1 Å². The minimum Gasteiger partial charge on any atom is -0.492 e. The van der Waals surface area contributed by atoms with Crippen molar-refractivity contribution in [1.29, 1.82) is 0 Å². The lowest BCUT2D eigenvalue weighted by Crippen LogP contribution is -2.22. The van der Waals surface area contributed by atoms with Gasteiger partial charge in [-0.3, -0.25) is 4.79 Å². The molecule has 2 rings (SSSR count). The van der Waals surface area contributed by atoms with Crippen LogP contribution in [0.1, 0.15) is 21.7 Å². The fraction of sp³-hybridized carbons (Fsp3) is 0.353. The molecule has 0 aliphatic heterocycles. The predicted octanol–water partition coefficient (Wildman–Crippen LogP) is 2.45. The van der Waals surface area contributed by atoms with E-state index in [4.69, 9.17) is 14.9 Å². The molecule has 25 heavy (non-hydrogen) atoms. The number of halogens is 2. The number of likely N-dealkylation sites (N-methyl/N-ethyl adjacent to an activating group) is 1. The number of hydrogen-bond donors (Lipinski definition) is 2. The first-order valence-electron chi connectivity index (χ1n) is 7.50. The van der Waals surface area contributed by atoms with Crippen molar-refractivity contribution in [3.63, 3.8) is 0 Å². The predicted molar refractivity (Wildman–Crippen MR) is 103 cm³/mol. The molecule has 0 fully saturated rings. The van der Waals surface area contributed by atoms with Gasteiger partial charge in [0.2, 0.25) is 0 Å². The Kier molecular flexibility index (Phi) is 10.9. The lowest BCUT2D eigenvalue weighted by atomic mass is 10.2. The fourth-order valence-electron chi connectivity index (χ4n) is 1.94. The van der Waals surface area contributed by atoms with Crippen LogP contribution >= 0.6 is 24.8 Å². The number of benzene rings is 1. The molecule has 0 radical (unpaired) electrons. The zero-order valence-corrected chi connectivity index (χ0v) is 16.0. The number of rotatable bonds is 8. The smallest absolute Gasteiger partial charge is 0.254 e. The fourth-order valence-corrected chi connectivity index (χ4v) is 1.94. The van der Waals surface area contributed by atoms with E-state index in [2.05, 4.69) is 10.2 Å². The van der Waals surface area contributed by atoms with Crippen molar-refractivity contribution in [3.8, 4) is 5.75 Å². The number of ether oxygens (including phenoxy) is 1. The van der Waals surface area contributed by atoms with Crippen LogP contribution in [0.4, 0.5) is 0 Å². The van der Waals surface area contributed by atoms with Crippen LogP contribution in [-0.4, -0.2) is 38.1 Å². The molecule has 1 heterocycles. The Balaban J connectivity index is 0.00000288. The minimum absolute atomic E-state index is 0. The largest absolute Gasteiger partial charge is 0.492 e. The SMILES string of the molecule is CN(C)CCOc1ccc(CNC(=O)c2coc(CN)c2)cc1.Cl.Cl. The standard InChI is InChI=1S/C17H23N3O3.2ClH/c1-20(2)7-8-22-15-5-3-13(4-6-15)11-19-17(21)14-9-16(10-18)23-12-14;;/h3-6,9,12H,7-8,10-11,18H2,1-2H3,(H,19,21);2*1H. The highest BCUT2D eigenvalue weighted by Gasteiger charge is 2.09. The summed E-state index contributed by atoms with van der Waals surface area (Å²) >= 11 is 0. The molecule has 0 bridgehead atoms. The van der Waals surface area contributed by atoms with Gasteiger partial charge in [0.15, 0.2) is 0 Å². The van der Waals surface area contributed by atoms with E-state index in [9.17, 15) is 4.79 Å². The van der Waals surface area contributed by atoms with Crippen LogP contribution in [-0.2, 0) is 13.1 Å². The van der Waals surface area contributed by atoms with E-state index in [1.54, 1.807) is 6.07 Å². The molecule has 1 amide bonds. The summed E-state index contributed by atoms with van der Waals surface area (Å²) in [6.45, 7) is 2.24. The van der Waals surface area contributed by atoms with Gasteiger partial charge >= 0.3 is 0 Å². The van der Waals surface area contributed by atoms with Gasteiger partial charge in [-0.15, -0.1) is 24.8 Å². The Morgan fingerprint density at radius 2 is 1.92 bits per heavy atom. The number of nitrogens with zero attached hydrogens (tertiary/aromatic N) is 1. The van der Waals surface area contributed by atoms with Crippen LogP contribution in [0.15, 0.2) is 41.0 Å². The maximum atomic E-state index is 12.0. The van der Waals surface area contributed by atoms with Crippen LogP contribution in [0.2, 0.25) is 0 Å². The van der Waals surface area contributed by atoms with E-state index < -0.39 is 0 Å². The van der Waals surface area contributed by atoms with Gasteiger partial charge in [0.25, 0.3) is 5.91 Å². The average molecular weight is 390 g/mol. The summed E-state index contributed by atoms with van der Waals surface area (Å²) < 4.78 is 10.8.